The topological polar surface area (TPSA) is 72.2 Å². The summed E-state index contributed by atoms with van der Waals surface area (Å²) in [5.41, 5.74) is 7.21. The molecule has 0 radical (unpaired) electrons. The monoisotopic (exact) mass is 500 g/mol. The van der Waals surface area contributed by atoms with E-state index in [-0.39, 0.29) is 4.90 Å². The van der Waals surface area contributed by atoms with Crippen LogP contribution in [0.25, 0.3) is 0 Å². The van der Waals surface area contributed by atoms with E-state index >= 15 is 0 Å². The second-order valence-electron chi connectivity index (χ2n) is 4.35. The van der Waals surface area contributed by atoms with E-state index in [1.54, 1.807) is 31.2 Å². The Labute approximate surface area is 150 Å². The average Bonchev–Trinajstić information content (AvgIpc) is 2.37. The van der Waals surface area contributed by atoms with Gasteiger partial charge in [0.05, 0.1) is 10.6 Å². The molecule has 0 saturated heterocycles. The molecular formula is C13H11BrClIN2O2S. The van der Waals surface area contributed by atoms with Crippen LogP contribution in [0.1, 0.15) is 5.56 Å². The van der Waals surface area contributed by atoms with Crippen LogP contribution in [0.5, 0.6) is 0 Å². The molecule has 0 bridgehead atoms. The van der Waals surface area contributed by atoms with Gasteiger partial charge in [-0.3, -0.25) is 4.72 Å². The van der Waals surface area contributed by atoms with E-state index in [4.69, 9.17) is 17.3 Å². The first-order valence-corrected chi connectivity index (χ1v) is 9.47. The molecule has 0 saturated carbocycles. The molecule has 0 heterocycles. The maximum atomic E-state index is 12.5. The van der Waals surface area contributed by atoms with Gasteiger partial charge < -0.3 is 5.73 Å². The summed E-state index contributed by atoms with van der Waals surface area (Å²) in [4.78, 5) is 0.139. The summed E-state index contributed by atoms with van der Waals surface area (Å²) in [5.74, 6) is 0. The van der Waals surface area contributed by atoms with Crippen molar-refractivity contribution in [1.29, 1.82) is 0 Å². The van der Waals surface area contributed by atoms with Gasteiger partial charge in [-0.05, 0) is 65.4 Å². The number of benzene rings is 2. The summed E-state index contributed by atoms with van der Waals surface area (Å²) < 4.78 is 29.0. The molecule has 4 nitrogen and oxygen atoms in total. The van der Waals surface area contributed by atoms with Crippen molar-refractivity contribution in [3.05, 3.63) is 49.0 Å². The zero-order chi connectivity index (χ0) is 15.8. The van der Waals surface area contributed by atoms with E-state index in [0.717, 1.165) is 0 Å². The molecule has 0 spiro atoms. The Kier molecular flexibility index (Phi) is 5.07. The van der Waals surface area contributed by atoms with Crippen LogP contribution < -0.4 is 10.5 Å². The van der Waals surface area contributed by atoms with Crippen molar-refractivity contribution in [2.45, 2.75) is 11.8 Å². The Morgan fingerprint density at radius 3 is 2.57 bits per heavy atom. The molecule has 2 aromatic carbocycles. The molecule has 112 valence electrons. The third-order valence-electron chi connectivity index (χ3n) is 2.83. The summed E-state index contributed by atoms with van der Waals surface area (Å²) in [6, 6.07) is 8.13. The van der Waals surface area contributed by atoms with Crippen molar-refractivity contribution in [2.75, 3.05) is 10.5 Å². The van der Waals surface area contributed by atoms with Crippen LogP contribution in [-0.2, 0) is 10.0 Å². The Balaban J connectivity index is 2.48. The quantitative estimate of drug-likeness (QED) is 0.484. The highest BCUT2D eigenvalue weighted by atomic mass is 127. The van der Waals surface area contributed by atoms with Crippen LogP contribution in [0, 0.1) is 10.5 Å². The lowest BCUT2D eigenvalue weighted by molar-refractivity contribution is 0.600. The zero-order valence-electron chi connectivity index (χ0n) is 10.8. The van der Waals surface area contributed by atoms with Crippen molar-refractivity contribution < 1.29 is 8.42 Å². The number of hydrogen-bond acceptors (Lipinski definition) is 3. The summed E-state index contributed by atoms with van der Waals surface area (Å²) in [5, 5.41) is 0.547. The van der Waals surface area contributed by atoms with Crippen molar-refractivity contribution in [3.63, 3.8) is 0 Å². The first-order valence-electron chi connectivity index (χ1n) is 5.74. The molecule has 2 aromatic rings. The van der Waals surface area contributed by atoms with E-state index in [1.807, 2.05) is 22.6 Å². The molecule has 0 aromatic heterocycles. The summed E-state index contributed by atoms with van der Waals surface area (Å²) >= 11 is 11.1. The lowest BCUT2D eigenvalue weighted by atomic mass is 10.2. The van der Waals surface area contributed by atoms with E-state index in [2.05, 4.69) is 20.7 Å². The number of halogens is 3. The molecule has 0 atom stereocenters. The van der Waals surface area contributed by atoms with Gasteiger partial charge in [0.15, 0.2) is 0 Å². The smallest absolute Gasteiger partial charge is 0.262 e. The van der Waals surface area contributed by atoms with Crippen molar-refractivity contribution in [2.24, 2.45) is 0 Å². The van der Waals surface area contributed by atoms with Crippen LogP contribution in [0.2, 0.25) is 5.02 Å². The van der Waals surface area contributed by atoms with Crippen LogP contribution >= 0.6 is 50.1 Å². The normalized spacial score (nSPS) is 11.4. The number of nitrogens with one attached hydrogen (secondary N) is 1. The number of rotatable bonds is 3. The fraction of sp³-hybridized carbons (Fsp3) is 0.0769. The highest BCUT2D eigenvalue weighted by Gasteiger charge is 2.20. The number of nitrogens with two attached hydrogens (primary N) is 1. The Hall–Kier alpha value is -0.510. The predicted molar refractivity (Wildman–Crippen MR) is 98.3 cm³/mol. The fourth-order valence-corrected chi connectivity index (χ4v) is 4.92. The second-order valence-corrected chi connectivity index (χ2v) is 8.51. The highest BCUT2D eigenvalue weighted by molar-refractivity contribution is 14.1. The fourth-order valence-electron chi connectivity index (χ4n) is 1.73. The lowest BCUT2D eigenvalue weighted by Gasteiger charge is -2.13. The molecule has 0 aliphatic rings. The lowest BCUT2D eigenvalue weighted by Crippen LogP contribution is -2.15. The Morgan fingerprint density at radius 1 is 1.29 bits per heavy atom. The number of nitrogen functional groups attached to an aromatic ring is 1. The maximum Gasteiger partial charge on any atom is 0.262 e. The first kappa shape index (κ1) is 16.9. The molecule has 0 unspecified atom stereocenters. The molecule has 0 amide bonds. The minimum Gasteiger partial charge on any atom is -0.398 e. The van der Waals surface area contributed by atoms with Gasteiger partial charge in [0.25, 0.3) is 10.0 Å². The largest absolute Gasteiger partial charge is 0.398 e. The number of sulfonamides is 1. The molecular weight excluding hydrogens is 490 g/mol. The van der Waals surface area contributed by atoms with Gasteiger partial charge in [0.1, 0.15) is 0 Å². The zero-order valence-corrected chi connectivity index (χ0v) is 16.1. The molecule has 8 heteroatoms. The average molecular weight is 502 g/mol. The van der Waals surface area contributed by atoms with Crippen molar-refractivity contribution in [1.82, 2.24) is 0 Å². The number of hydrogen-bond donors (Lipinski definition) is 2. The second kappa shape index (κ2) is 6.31. The SMILES string of the molecule is Cc1c(N)cc(Br)cc1S(=O)(=O)Nc1ccc(Cl)cc1I. The van der Waals surface area contributed by atoms with Crippen LogP contribution in [0.4, 0.5) is 11.4 Å². The van der Waals surface area contributed by atoms with Gasteiger partial charge >= 0.3 is 0 Å². The van der Waals surface area contributed by atoms with Crippen molar-refractivity contribution >= 4 is 71.5 Å². The predicted octanol–water partition coefficient (Wildman–Crippen LogP) is 4.40. The van der Waals surface area contributed by atoms with Crippen LogP contribution in [-0.4, -0.2) is 8.42 Å². The van der Waals surface area contributed by atoms with Gasteiger partial charge in [-0.1, -0.05) is 27.5 Å². The molecule has 0 fully saturated rings. The Bertz CT molecular complexity index is 812. The third-order valence-corrected chi connectivity index (χ3v) is 5.91. The molecule has 0 aliphatic carbocycles. The standard InChI is InChI=1S/C13H11BrClIN2O2S/c1-7-11(17)4-8(14)5-13(7)21(19,20)18-12-3-2-9(15)6-10(12)16/h2-6,18H,17H2,1H3. The van der Waals surface area contributed by atoms with Gasteiger partial charge in [0.2, 0.25) is 0 Å². The minimum atomic E-state index is -3.73. The molecule has 3 N–H and O–H groups in total. The summed E-state index contributed by atoms with van der Waals surface area (Å²) in [7, 11) is -3.73. The van der Waals surface area contributed by atoms with Gasteiger partial charge in [-0.2, -0.15) is 0 Å². The first-order chi connectivity index (χ1) is 9.70. The van der Waals surface area contributed by atoms with Gasteiger partial charge in [0, 0.05) is 18.8 Å². The van der Waals surface area contributed by atoms with E-state index < -0.39 is 10.0 Å². The molecule has 2 rings (SSSR count). The van der Waals surface area contributed by atoms with Crippen LogP contribution in [0.3, 0.4) is 0 Å². The number of anilines is 2. The van der Waals surface area contributed by atoms with Crippen molar-refractivity contribution in [3.8, 4) is 0 Å². The minimum absolute atomic E-state index is 0.139. The van der Waals surface area contributed by atoms with Crippen LogP contribution in [0.15, 0.2) is 39.7 Å². The Morgan fingerprint density at radius 2 is 1.95 bits per heavy atom. The summed E-state index contributed by atoms with van der Waals surface area (Å²) in [6.45, 7) is 1.67. The van der Waals surface area contributed by atoms with E-state index in [9.17, 15) is 8.42 Å². The molecule has 21 heavy (non-hydrogen) atoms. The van der Waals surface area contributed by atoms with Gasteiger partial charge in [-0.15, -0.1) is 0 Å². The third kappa shape index (κ3) is 3.82. The summed E-state index contributed by atoms with van der Waals surface area (Å²) in [6.07, 6.45) is 0. The maximum absolute atomic E-state index is 12.5. The highest BCUT2D eigenvalue weighted by Crippen LogP contribution is 2.29. The van der Waals surface area contributed by atoms with E-state index in [1.165, 1.54) is 6.07 Å². The van der Waals surface area contributed by atoms with Gasteiger partial charge in [-0.25, -0.2) is 8.42 Å². The molecule has 0 aliphatic heterocycles. The van der Waals surface area contributed by atoms with E-state index in [0.29, 0.717) is 30.0 Å².